The van der Waals surface area contributed by atoms with Crippen LogP contribution in [0.3, 0.4) is 0 Å². The molecule has 0 aliphatic carbocycles. The molecule has 0 N–H and O–H groups in total. The van der Waals surface area contributed by atoms with E-state index in [2.05, 4.69) is 18.4 Å². The van der Waals surface area contributed by atoms with Crippen molar-refractivity contribution in [1.29, 1.82) is 5.26 Å². The van der Waals surface area contributed by atoms with Gasteiger partial charge in [0.25, 0.3) is 0 Å². The minimum atomic E-state index is 0.401. The minimum absolute atomic E-state index is 0.401. The van der Waals surface area contributed by atoms with E-state index in [9.17, 15) is 0 Å². The van der Waals surface area contributed by atoms with Gasteiger partial charge in [0, 0.05) is 11.3 Å². The van der Waals surface area contributed by atoms with Crippen molar-refractivity contribution in [3.63, 3.8) is 0 Å². The number of rotatable bonds is 9. The molecule has 0 spiro atoms. The van der Waals surface area contributed by atoms with Crippen LogP contribution >= 0.6 is 11.8 Å². The van der Waals surface area contributed by atoms with Crippen molar-refractivity contribution in [3.05, 3.63) is 23.8 Å². The van der Waals surface area contributed by atoms with Gasteiger partial charge in [-0.05, 0) is 62.6 Å². The van der Waals surface area contributed by atoms with E-state index in [4.69, 9.17) is 14.7 Å². The molecule has 0 saturated carbocycles. The highest BCUT2D eigenvalue weighted by Crippen LogP contribution is 2.35. The molecule has 1 unspecified atom stereocenters. The van der Waals surface area contributed by atoms with Gasteiger partial charge in [-0.1, -0.05) is 6.92 Å². The number of nitriles is 1. The molecule has 0 aromatic heterocycles. The van der Waals surface area contributed by atoms with Gasteiger partial charge in [-0.2, -0.15) is 5.26 Å². The maximum absolute atomic E-state index is 8.64. The number of benzene rings is 1. The number of nitrogens with zero attached hydrogens (tertiary/aromatic N) is 1. The second kappa shape index (κ2) is 9.55. The fourth-order valence-electron chi connectivity index (χ4n) is 2.22. The average molecular weight is 293 g/mol. The molecular formula is C16H23NO2S. The second-order valence-corrected chi connectivity index (χ2v) is 5.28. The molecule has 20 heavy (non-hydrogen) atoms. The van der Waals surface area contributed by atoms with E-state index in [1.165, 1.54) is 17.3 Å². The molecule has 0 bridgehead atoms. The Morgan fingerprint density at radius 2 is 1.95 bits per heavy atom. The smallest absolute Gasteiger partial charge is 0.133 e. The zero-order chi connectivity index (χ0) is 14.8. The van der Waals surface area contributed by atoms with E-state index in [1.807, 2.05) is 26.0 Å². The molecule has 0 fully saturated rings. The lowest BCUT2D eigenvalue weighted by Gasteiger charge is -2.19. The number of hydrogen-bond acceptors (Lipinski definition) is 4. The third-order valence-corrected chi connectivity index (χ3v) is 3.73. The third-order valence-electron chi connectivity index (χ3n) is 3.16. The largest absolute Gasteiger partial charge is 0.494 e. The van der Waals surface area contributed by atoms with Crippen LogP contribution in [0.2, 0.25) is 0 Å². The summed E-state index contributed by atoms with van der Waals surface area (Å²) in [5.74, 6) is 3.07. The van der Waals surface area contributed by atoms with E-state index in [1.54, 1.807) is 0 Å². The van der Waals surface area contributed by atoms with Gasteiger partial charge < -0.3 is 9.47 Å². The molecule has 110 valence electrons. The highest BCUT2D eigenvalue weighted by molar-refractivity contribution is 8.03. The van der Waals surface area contributed by atoms with Crippen LogP contribution < -0.4 is 9.47 Å². The Kier molecular flexibility index (Phi) is 7.98. The Morgan fingerprint density at radius 3 is 2.55 bits per heavy atom. The van der Waals surface area contributed by atoms with Gasteiger partial charge in [0.05, 0.1) is 13.2 Å². The van der Waals surface area contributed by atoms with Crippen LogP contribution in [0, 0.1) is 10.7 Å². The quantitative estimate of drug-likeness (QED) is 0.493. The SMILES string of the molecule is CCOc1ccc(OCC)c(C(CC)CCSC#N)c1. The summed E-state index contributed by atoms with van der Waals surface area (Å²) < 4.78 is 11.3. The highest BCUT2D eigenvalue weighted by atomic mass is 32.2. The fourth-order valence-corrected chi connectivity index (χ4v) is 2.71. The third kappa shape index (κ3) is 4.97. The van der Waals surface area contributed by atoms with Crippen LogP contribution in [0.25, 0.3) is 0 Å². The molecule has 0 amide bonds. The fraction of sp³-hybridized carbons (Fsp3) is 0.562. The van der Waals surface area contributed by atoms with Gasteiger partial charge in [-0.15, -0.1) is 0 Å². The van der Waals surface area contributed by atoms with Gasteiger partial charge in [-0.3, -0.25) is 0 Å². The molecule has 4 heteroatoms. The number of thiocyanates is 1. The first kappa shape index (κ1) is 16.7. The molecule has 1 aromatic rings. The van der Waals surface area contributed by atoms with Crippen LogP contribution in [0.1, 0.15) is 45.1 Å². The molecule has 0 radical (unpaired) electrons. The molecule has 0 aliphatic heterocycles. The molecule has 1 atom stereocenters. The van der Waals surface area contributed by atoms with E-state index < -0.39 is 0 Å². The Morgan fingerprint density at radius 1 is 1.20 bits per heavy atom. The van der Waals surface area contributed by atoms with Crippen LogP contribution in [-0.2, 0) is 0 Å². The summed E-state index contributed by atoms with van der Waals surface area (Å²) in [6, 6.07) is 6.03. The highest BCUT2D eigenvalue weighted by Gasteiger charge is 2.16. The summed E-state index contributed by atoms with van der Waals surface area (Å²) >= 11 is 1.31. The molecule has 0 aliphatic rings. The van der Waals surface area contributed by atoms with Crippen molar-refractivity contribution < 1.29 is 9.47 Å². The van der Waals surface area contributed by atoms with E-state index in [0.717, 1.165) is 30.1 Å². The van der Waals surface area contributed by atoms with Crippen molar-refractivity contribution in [2.24, 2.45) is 0 Å². The van der Waals surface area contributed by atoms with E-state index >= 15 is 0 Å². The maximum Gasteiger partial charge on any atom is 0.133 e. The van der Waals surface area contributed by atoms with Gasteiger partial charge in [0.2, 0.25) is 0 Å². The number of hydrogen-bond donors (Lipinski definition) is 0. The number of ether oxygens (including phenoxy) is 2. The lowest BCUT2D eigenvalue weighted by atomic mass is 9.93. The summed E-state index contributed by atoms with van der Waals surface area (Å²) in [6.45, 7) is 7.47. The topological polar surface area (TPSA) is 42.2 Å². The average Bonchev–Trinajstić information content (AvgIpc) is 2.46. The van der Waals surface area contributed by atoms with Crippen molar-refractivity contribution in [1.82, 2.24) is 0 Å². The molecule has 0 heterocycles. The Hall–Kier alpha value is -1.34. The Labute approximate surface area is 126 Å². The Bertz CT molecular complexity index is 443. The maximum atomic E-state index is 8.64. The zero-order valence-corrected chi connectivity index (χ0v) is 13.3. The normalized spacial score (nSPS) is 11.7. The van der Waals surface area contributed by atoms with E-state index in [-0.39, 0.29) is 0 Å². The molecule has 1 rings (SSSR count). The summed E-state index contributed by atoms with van der Waals surface area (Å²) in [6.07, 6.45) is 2.01. The number of thioether (sulfide) groups is 1. The first-order valence-corrected chi connectivity index (χ1v) is 8.15. The summed E-state index contributed by atoms with van der Waals surface area (Å²) in [4.78, 5) is 0. The minimum Gasteiger partial charge on any atom is -0.494 e. The van der Waals surface area contributed by atoms with E-state index in [0.29, 0.717) is 19.1 Å². The molecule has 3 nitrogen and oxygen atoms in total. The first-order valence-electron chi connectivity index (χ1n) is 7.17. The standard InChI is InChI=1S/C16H23NO2S/c1-4-13(9-10-20-12-17)15-11-14(18-5-2)7-8-16(15)19-6-3/h7-8,11,13H,4-6,9-10H2,1-3H3. The summed E-state index contributed by atoms with van der Waals surface area (Å²) in [5, 5.41) is 10.8. The van der Waals surface area contributed by atoms with Crippen LogP contribution in [0.15, 0.2) is 18.2 Å². The second-order valence-electron chi connectivity index (χ2n) is 4.40. The van der Waals surface area contributed by atoms with Crippen molar-refractivity contribution >= 4 is 11.8 Å². The predicted molar refractivity (Wildman–Crippen MR) is 84.5 cm³/mol. The van der Waals surface area contributed by atoms with Crippen molar-refractivity contribution in [2.45, 2.75) is 39.5 Å². The van der Waals surface area contributed by atoms with Gasteiger partial charge in [-0.25, -0.2) is 0 Å². The van der Waals surface area contributed by atoms with Gasteiger partial charge >= 0.3 is 0 Å². The predicted octanol–water partition coefficient (Wildman–Crippen LogP) is 4.58. The summed E-state index contributed by atoms with van der Waals surface area (Å²) in [7, 11) is 0. The van der Waals surface area contributed by atoms with Crippen LogP contribution in [-0.4, -0.2) is 19.0 Å². The lowest BCUT2D eigenvalue weighted by molar-refractivity contribution is 0.324. The van der Waals surface area contributed by atoms with Gasteiger partial charge in [0.1, 0.15) is 16.9 Å². The summed E-state index contributed by atoms with van der Waals surface area (Å²) in [5.41, 5.74) is 1.19. The van der Waals surface area contributed by atoms with Crippen LogP contribution in [0.4, 0.5) is 0 Å². The lowest BCUT2D eigenvalue weighted by Crippen LogP contribution is -2.05. The first-order chi connectivity index (χ1) is 9.76. The molecule has 0 saturated heterocycles. The molecular weight excluding hydrogens is 270 g/mol. The molecule has 1 aromatic carbocycles. The van der Waals surface area contributed by atoms with Crippen LogP contribution in [0.5, 0.6) is 11.5 Å². The Balaban J connectivity index is 2.95. The van der Waals surface area contributed by atoms with Crippen molar-refractivity contribution in [3.8, 4) is 16.9 Å². The zero-order valence-electron chi connectivity index (χ0n) is 12.5. The van der Waals surface area contributed by atoms with Crippen molar-refractivity contribution in [2.75, 3.05) is 19.0 Å². The monoisotopic (exact) mass is 293 g/mol. The van der Waals surface area contributed by atoms with Gasteiger partial charge in [0.15, 0.2) is 0 Å².